The van der Waals surface area contributed by atoms with Gasteiger partial charge in [-0.15, -0.1) is 0 Å². The number of ether oxygens (including phenoxy) is 1. The number of pyridine rings is 1. The first-order valence-electron chi connectivity index (χ1n) is 8.96. The Hall–Kier alpha value is -3.61. The molecule has 166 valence electrons. The maximum Gasteiger partial charge on any atom is 0.404 e. The van der Waals surface area contributed by atoms with E-state index in [1.54, 1.807) is 12.1 Å². The molecular formula is C18H21N5O7S. The smallest absolute Gasteiger partial charge is 0.404 e. The maximum atomic E-state index is 13.2. The molecule has 6 N–H and O–H groups in total. The van der Waals surface area contributed by atoms with Gasteiger partial charge in [0.2, 0.25) is 0 Å². The van der Waals surface area contributed by atoms with Crippen LogP contribution in [0.15, 0.2) is 36.3 Å². The fourth-order valence-electron chi connectivity index (χ4n) is 3.67. The summed E-state index contributed by atoms with van der Waals surface area (Å²) in [6, 6.07) is 1.56. The lowest BCUT2D eigenvalue weighted by Gasteiger charge is -2.37. The van der Waals surface area contributed by atoms with Gasteiger partial charge in [-0.05, 0) is 30.7 Å². The Labute approximate surface area is 177 Å². The monoisotopic (exact) mass is 451 g/mol. The highest BCUT2D eigenvalue weighted by molar-refractivity contribution is 7.94. The third kappa shape index (κ3) is 3.56. The maximum absolute atomic E-state index is 13.2. The minimum atomic E-state index is -4.30. The van der Waals surface area contributed by atoms with Gasteiger partial charge in [-0.3, -0.25) is 9.78 Å². The lowest BCUT2D eigenvalue weighted by Crippen LogP contribution is -2.59. The van der Waals surface area contributed by atoms with Crippen molar-refractivity contribution in [2.24, 2.45) is 11.5 Å². The van der Waals surface area contributed by atoms with Crippen molar-refractivity contribution in [2.75, 3.05) is 6.61 Å². The van der Waals surface area contributed by atoms with Crippen molar-refractivity contribution in [1.82, 2.24) is 15.2 Å². The number of aromatic nitrogens is 1. The number of sulfone groups is 1. The Kier molecular flexibility index (Phi) is 5.40. The topological polar surface area (TPSA) is 195 Å². The zero-order valence-electron chi connectivity index (χ0n) is 16.4. The summed E-state index contributed by atoms with van der Waals surface area (Å²) in [5.74, 6) is -2.04. The SMILES string of the molecule is C=C(N)NCc1ccnc(/C=C2/C(=O)N3[C@@H](C(=O)O)[C@](C)(COC(N)=O)S(=O)(=O)[C@H]23)c1. The first-order chi connectivity index (χ1) is 14.4. The van der Waals surface area contributed by atoms with Crippen molar-refractivity contribution in [2.45, 2.75) is 29.6 Å². The molecule has 0 bridgehead atoms. The summed E-state index contributed by atoms with van der Waals surface area (Å²) in [6.45, 7) is 4.15. The van der Waals surface area contributed by atoms with Crippen molar-refractivity contribution >= 4 is 33.9 Å². The van der Waals surface area contributed by atoms with Crippen LogP contribution in [-0.2, 0) is 30.7 Å². The average molecular weight is 451 g/mol. The van der Waals surface area contributed by atoms with Gasteiger partial charge in [0.25, 0.3) is 5.91 Å². The van der Waals surface area contributed by atoms with Crippen LogP contribution in [0.25, 0.3) is 6.08 Å². The molecule has 3 rings (SSSR count). The van der Waals surface area contributed by atoms with Crippen LogP contribution in [0.3, 0.4) is 0 Å². The van der Waals surface area contributed by atoms with Gasteiger partial charge in [0.15, 0.2) is 21.3 Å². The van der Waals surface area contributed by atoms with E-state index in [0.717, 1.165) is 17.4 Å². The normalized spacial score (nSPS) is 27.3. The molecule has 0 spiro atoms. The number of hydrogen-bond donors (Lipinski definition) is 4. The van der Waals surface area contributed by atoms with Gasteiger partial charge in [-0.2, -0.15) is 0 Å². The molecule has 13 heteroatoms. The molecule has 3 atom stereocenters. The third-order valence-electron chi connectivity index (χ3n) is 5.20. The first-order valence-corrected chi connectivity index (χ1v) is 10.5. The molecule has 2 fully saturated rings. The van der Waals surface area contributed by atoms with E-state index in [1.807, 2.05) is 0 Å². The summed E-state index contributed by atoms with van der Waals surface area (Å²) in [5.41, 5.74) is 11.3. The van der Waals surface area contributed by atoms with Gasteiger partial charge in [-0.25, -0.2) is 18.0 Å². The molecule has 0 saturated carbocycles. The molecule has 0 unspecified atom stereocenters. The van der Waals surface area contributed by atoms with Gasteiger partial charge >= 0.3 is 12.1 Å². The van der Waals surface area contributed by atoms with E-state index < -0.39 is 50.6 Å². The number of nitrogens with two attached hydrogens (primary N) is 2. The van der Waals surface area contributed by atoms with E-state index >= 15 is 0 Å². The van der Waals surface area contributed by atoms with Crippen LogP contribution in [0.1, 0.15) is 18.2 Å². The first kappa shape index (κ1) is 22.1. The van der Waals surface area contributed by atoms with Gasteiger partial charge in [0, 0.05) is 12.7 Å². The highest BCUT2D eigenvalue weighted by Gasteiger charge is 2.72. The molecule has 1 aromatic heterocycles. The Morgan fingerprint density at radius 3 is 2.71 bits per heavy atom. The highest BCUT2D eigenvalue weighted by Crippen LogP contribution is 2.49. The summed E-state index contributed by atoms with van der Waals surface area (Å²) < 4.78 is 29.0. The van der Waals surface area contributed by atoms with Crippen LogP contribution < -0.4 is 16.8 Å². The number of carbonyl (C=O) groups excluding carboxylic acids is 2. The second-order valence-electron chi connectivity index (χ2n) is 7.34. The number of carbonyl (C=O) groups is 3. The predicted octanol–water partition coefficient (Wildman–Crippen LogP) is -1.11. The Morgan fingerprint density at radius 1 is 1.45 bits per heavy atom. The number of amides is 2. The fraction of sp³-hybridized carbons (Fsp3) is 0.333. The fourth-order valence-corrected chi connectivity index (χ4v) is 5.94. The summed E-state index contributed by atoms with van der Waals surface area (Å²) in [7, 11) is -4.30. The molecule has 2 amide bonds. The Balaban J connectivity index is 1.98. The van der Waals surface area contributed by atoms with Gasteiger partial charge in [0.05, 0.1) is 17.1 Å². The van der Waals surface area contributed by atoms with Gasteiger partial charge in [-0.1, -0.05) is 6.58 Å². The largest absolute Gasteiger partial charge is 0.480 e. The number of carboxylic acids is 1. The Bertz CT molecular complexity index is 1120. The standard InChI is InChI=1S/C18H21N5O7S/c1-9(19)22-7-10-3-4-21-11(5-10)6-12-14(24)23-13(16(25)26)18(2,8-30-17(20)27)31(28,29)15(12)23/h3-6,13,15,22H,1,7-8,19H2,2H3,(H2,20,27)(H,25,26)/b12-6-/t13-,15+,18-/m0/s1. The highest BCUT2D eigenvalue weighted by atomic mass is 32.2. The molecule has 2 aliphatic rings. The second kappa shape index (κ2) is 7.58. The van der Waals surface area contributed by atoms with Crippen LogP contribution in [-0.4, -0.2) is 64.1 Å². The molecule has 0 aliphatic carbocycles. The van der Waals surface area contributed by atoms with E-state index in [2.05, 4.69) is 21.6 Å². The van der Waals surface area contributed by atoms with Crippen molar-refractivity contribution in [3.05, 3.63) is 47.6 Å². The molecule has 2 saturated heterocycles. The quantitative estimate of drug-likeness (QED) is 0.291. The minimum Gasteiger partial charge on any atom is -0.480 e. The zero-order valence-corrected chi connectivity index (χ0v) is 17.3. The second-order valence-corrected chi connectivity index (χ2v) is 9.81. The van der Waals surface area contributed by atoms with Crippen LogP contribution in [0.2, 0.25) is 0 Å². The van der Waals surface area contributed by atoms with Crippen molar-refractivity contribution in [1.29, 1.82) is 0 Å². The van der Waals surface area contributed by atoms with Crippen LogP contribution in [0.5, 0.6) is 0 Å². The molecule has 0 aromatic carbocycles. The number of fused-ring (bicyclic) bond motifs is 1. The van der Waals surface area contributed by atoms with Crippen LogP contribution >= 0.6 is 0 Å². The third-order valence-corrected chi connectivity index (χ3v) is 7.91. The predicted molar refractivity (Wildman–Crippen MR) is 107 cm³/mol. The average Bonchev–Trinajstić information content (AvgIpc) is 2.85. The van der Waals surface area contributed by atoms with Gasteiger partial charge in [0.1, 0.15) is 11.4 Å². The number of rotatable bonds is 7. The Morgan fingerprint density at radius 2 is 2.13 bits per heavy atom. The lowest BCUT2D eigenvalue weighted by atomic mass is 9.94. The summed E-state index contributed by atoms with van der Waals surface area (Å²) in [6.07, 6.45) is 1.51. The summed E-state index contributed by atoms with van der Waals surface area (Å²) in [4.78, 5) is 40.4. The van der Waals surface area contributed by atoms with Crippen LogP contribution in [0, 0.1) is 0 Å². The molecule has 31 heavy (non-hydrogen) atoms. The van der Waals surface area contributed by atoms with E-state index in [1.165, 1.54) is 12.3 Å². The molecule has 3 heterocycles. The molecule has 12 nitrogen and oxygen atoms in total. The lowest BCUT2D eigenvalue weighted by molar-refractivity contribution is -0.153. The number of aliphatic carboxylic acids is 1. The molecular weight excluding hydrogens is 430 g/mol. The number of β-lactam (4-membered cyclic amide) rings is 1. The number of nitrogens with zero attached hydrogens (tertiary/aromatic N) is 2. The van der Waals surface area contributed by atoms with E-state index in [0.29, 0.717) is 12.2 Å². The van der Waals surface area contributed by atoms with Gasteiger partial charge < -0.3 is 31.5 Å². The number of primary amides is 1. The summed E-state index contributed by atoms with van der Waals surface area (Å²) >= 11 is 0. The zero-order chi connectivity index (χ0) is 23.1. The van der Waals surface area contributed by atoms with E-state index in [4.69, 9.17) is 11.5 Å². The van der Waals surface area contributed by atoms with Crippen LogP contribution in [0.4, 0.5) is 4.79 Å². The number of hydrogen-bond acceptors (Lipinski definition) is 9. The van der Waals surface area contributed by atoms with E-state index in [9.17, 15) is 27.9 Å². The molecule has 0 radical (unpaired) electrons. The summed E-state index contributed by atoms with van der Waals surface area (Å²) in [5, 5.41) is 10.9. The minimum absolute atomic E-state index is 0.130. The number of nitrogens with one attached hydrogen (secondary N) is 1. The number of carboxylic acid groups (broad SMARTS) is 1. The van der Waals surface area contributed by atoms with E-state index in [-0.39, 0.29) is 11.4 Å². The molecule has 2 aliphatic heterocycles. The molecule has 1 aromatic rings. The van der Waals surface area contributed by atoms with Crippen molar-refractivity contribution in [3.8, 4) is 0 Å². The van der Waals surface area contributed by atoms with Crippen molar-refractivity contribution < 1.29 is 32.6 Å². The van der Waals surface area contributed by atoms with Crippen molar-refractivity contribution in [3.63, 3.8) is 0 Å².